The third kappa shape index (κ3) is 6.11. The van der Waals surface area contributed by atoms with Gasteiger partial charge < -0.3 is 8.83 Å². The van der Waals surface area contributed by atoms with Crippen LogP contribution in [-0.2, 0) is 0 Å². The van der Waals surface area contributed by atoms with Crippen molar-refractivity contribution in [2.75, 3.05) is 0 Å². The smallest absolute Gasteiger partial charge is 0.153 e. The molecule has 6 heteroatoms. The molecule has 0 N–H and O–H groups in total. The molecular formula is C57H33N3O2S. The van der Waals surface area contributed by atoms with Crippen molar-refractivity contribution in [3.63, 3.8) is 0 Å². The molecule has 13 rings (SSSR count). The molecule has 294 valence electrons. The van der Waals surface area contributed by atoms with E-state index in [-0.39, 0.29) is 0 Å². The minimum Gasteiger partial charge on any atom is -0.454 e. The van der Waals surface area contributed by atoms with Crippen LogP contribution in [0.15, 0.2) is 210 Å². The van der Waals surface area contributed by atoms with Crippen molar-refractivity contribution >= 4 is 75.4 Å². The summed E-state index contributed by atoms with van der Waals surface area (Å²) < 4.78 is 14.5. The molecule has 0 atom stereocenters. The Kier molecular flexibility index (Phi) is 8.01. The van der Waals surface area contributed by atoms with Gasteiger partial charge in [0.15, 0.2) is 11.2 Å². The van der Waals surface area contributed by atoms with Gasteiger partial charge in [0.05, 0.1) is 22.8 Å². The first-order valence-electron chi connectivity index (χ1n) is 20.9. The Hall–Kier alpha value is -8.19. The van der Waals surface area contributed by atoms with Crippen molar-refractivity contribution in [1.82, 2.24) is 15.0 Å². The van der Waals surface area contributed by atoms with E-state index in [0.29, 0.717) is 0 Å². The normalized spacial score (nSPS) is 11.8. The summed E-state index contributed by atoms with van der Waals surface area (Å²) in [4.78, 5) is 13.5. The van der Waals surface area contributed by atoms with E-state index in [0.717, 1.165) is 88.5 Å². The summed E-state index contributed by atoms with van der Waals surface area (Å²) >= 11 is 1.79. The Morgan fingerprint density at radius 1 is 0.302 bits per heavy atom. The molecule has 0 aliphatic heterocycles. The highest BCUT2D eigenvalue weighted by atomic mass is 32.1. The van der Waals surface area contributed by atoms with Crippen LogP contribution in [0.3, 0.4) is 0 Å². The summed E-state index contributed by atoms with van der Waals surface area (Å²) in [5.41, 5.74) is 17.0. The molecule has 0 bridgehead atoms. The monoisotopic (exact) mass is 823 g/mol. The largest absolute Gasteiger partial charge is 0.454 e. The topological polar surface area (TPSA) is 65.0 Å². The lowest BCUT2D eigenvalue weighted by Gasteiger charge is -2.09. The van der Waals surface area contributed by atoms with Gasteiger partial charge in [-0.2, -0.15) is 0 Å². The van der Waals surface area contributed by atoms with Gasteiger partial charge in [-0.3, -0.25) is 15.0 Å². The maximum Gasteiger partial charge on any atom is 0.153 e. The molecule has 0 fully saturated rings. The average Bonchev–Trinajstić information content (AvgIpc) is 4.04. The third-order valence-corrected chi connectivity index (χ3v) is 13.4. The van der Waals surface area contributed by atoms with Gasteiger partial charge in [0, 0.05) is 61.2 Å². The fourth-order valence-corrected chi connectivity index (χ4v) is 10.2. The van der Waals surface area contributed by atoms with Crippen molar-refractivity contribution in [1.29, 1.82) is 0 Å². The van der Waals surface area contributed by atoms with Gasteiger partial charge in [0.2, 0.25) is 0 Å². The van der Waals surface area contributed by atoms with Gasteiger partial charge in [-0.25, -0.2) is 0 Å². The molecule has 0 aliphatic carbocycles. The van der Waals surface area contributed by atoms with E-state index < -0.39 is 0 Å². The lowest BCUT2D eigenvalue weighted by atomic mass is 9.95. The zero-order chi connectivity index (χ0) is 41.4. The Morgan fingerprint density at radius 2 is 0.714 bits per heavy atom. The van der Waals surface area contributed by atoms with Gasteiger partial charge in [0.1, 0.15) is 11.2 Å². The fourth-order valence-electron chi connectivity index (χ4n) is 9.14. The van der Waals surface area contributed by atoms with Gasteiger partial charge in [-0.15, -0.1) is 11.3 Å². The first kappa shape index (κ1) is 35.6. The molecule has 0 radical (unpaired) electrons. The molecular weight excluding hydrogens is 791 g/mol. The quantitative estimate of drug-likeness (QED) is 0.167. The molecule has 0 spiro atoms. The summed E-state index contributed by atoms with van der Waals surface area (Å²) in [6.07, 6.45) is 9.22. The number of benzene rings is 7. The van der Waals surface area contributed by atoms with Crippen LogP contribution in [-0.4, -0.2) is 15.0 Å². The second-order valence-corrected chi connectivity index (χ2v) is 17.2. The number of hydrogen-bond acceptors (Lipinski definition) is 6. The molecule has 63 heavy (non-hydrogen) atoms. The lowest BCUT2D eigenvalue weighted by Crippen LogP contribution is -1.86. The van der Waals surface area contributed by atoms with E-state index >= 15 is 0 Å². The maximum absolute atomic E-state index is 6.04. The van der Waals surface area contributed by atoms with E-state index in [9.17, 15) is 0 Å². The second-order valence-electron chi connectivity index (χ2n) is 16.1. The highest BCUT2D eigenvalue weighted by molar-refractivity contribution is 7.25. The Balaban J connectivity index is 0.813. The SMILES string of the molecule is c1cc(-c2cccc(-c3ccc4sc5cnc(-c6cccc(-c7cccc(-c8ccc9oc%10cnccc%10c9c8)c7)c6)cc5c4c3)c2)cc(-c2ccc3oc4cnccc4c3c2)c1. The maximum atomic E-state index is 6.04. The molecule has 0 saturated heterocycles. The van der Waals surface area contributed by atoms with Crippen molar-refractivity contribution in [2.24, 2.45) is 0 Å². The number of furan rings is 2. The lowest BCUT2D eigenvalue weighted by molar-refractivity contribution is 0.666. The molecule has 0 aliphatic rings. The predicted octanol–water partition coefficient (Wildman–Crippen LogP) is 16.0. The van der Waals surface area contributed by atoms with E-state index in [2.05, 4.69) is 168 Å². The number of thiophene rings is 1. The predicted molar refractivity (Wildman–Crippen MR) is 260 cm³/mol. The van der Waals surface area contributed by atoms with Crippen molar-refractivity contribution in [3.05, 3.63) is 201 Å². The molecule has 0 unspecified atom stereocenters. The Labute approximate surface area is 365 Å². The van der Waals surface area contributed by atoms with Crippen molar-refractivity contribution < 1.29 is 8.83 Å². The average molecular weight is 824 g/mol. The van der Waals surface area contributed by atoms with Crippen LogP contribution in [0.5, 0.6) is 0 Å². The molecule has 7 aromatic carbocycles. The first-order chi connectivity index (χ1) is 31.1. The summed E-state index contributed by atoms with van der Waals surface area (Å²) in [6, 6.07) is 61.1. The van der Waals surface area contributed by atoms with E-state index in [1.165, 1.54) is 42.4 Å². The zero-order valence-corrected chi connectivity index (χ0v) is 34.4. The molecule has 0 amide bonds. The standard InChI is InChI=1S/C57H33N3O2S/c1-5-34(23-37(8-1)41-13-16-52-47(27-41)45-19-21-58-31-54(45)61-52)35-6-2-10-39(24-35)43-15-18-56-49(29-43)50-30-51(60-33-57(50)63-56)44-12-4-11-40(26-44)36-7-3-9-38(25-36)42-14-17-53-48(28-42)46-20-22-59-32-55(46)62-53/h1-33H. The number of pyridine rings is 3. The minimum absolute atomic E-state index is 0.801. The van der Waals surface area contributed by atoms with Crippen molar-refractivity contribution in [3.8, 4) is 66.9 Å². The second kappa shape index (κ2) is 14.2. The number of fused-ring (bicyclic) bond motifs is 9. The zero-order valence-electron chi connectivity index (χ0n) is 33.6. The Bertz CT molecular complexity index is 3700. The summed E-state index contributed by atoms with van der Waals surface area (Å²) in [5.74, 6) is 0. The van der Waals surface area contributed by atoms with Gasteiger partial charge in [0.25, 0.3) is 0 Å². The molecule has 6 heterocycles. The van der Waals surface area contributed by atoms with E-state index in [1.54, 1.807) is 23.7 Å². The van der Waals surface area contributed by atoms with Crippen LogP contribution in [0.1, 0.15) is 0 Å². The fraction of sp³-hybridized carbons (Fsp3) is 0. The van der Waals surface area contributed by atoms with Crippen LogP contribution in [0.2, 0.25) is 0 Å². The van der Waals surface area contributed by atoms with Crippen molar-refractivity contribution in [2.45, 2.75) is 0 Å². The van der Waals surface area contributed by atoms with Crippen LogP contribution in [0.25, 0.3) is 131 Å². The number of nitrogens with zero attached hydrogens (tertiary/aromatic N) is 3. The summed E-state index contributed by atoms with van der Waals surface area (Å²) in [7, 11) is 0. The van der Waals surface area contributed by atoms with E-state index in [4.69, 9.17) is 13.8 Å². The first-order valence-corrected chi connectivity index (χ1v) is 21.7. The summed E-state index contributed by atoms with van der Waals surface area (Å²) in [6.45, 7) is 0. The van der Waals surface area contributed by atoms with E-state index in [1.807, 2.05) is 30.7 Å². The molecule has 0 saturated carbocycles. The van der Waals surface area contributed by atoms with Crippen LogP contribution in [0.4, 0.5) is 0 Å². The van der Waals surface area contributed by atoms with Crippen LogP contribution in [0, 0.1) is 0 Å². The number of hydrogen-bond donors (Lipinski definition) is 0. The third-order valence-electron chi connectivity index (χ3n) is 12.3. The van der Waals surface area contributed by atoms with Gasteiger partial charge in [-0.1, -0.05) is 91.0 Å². The molecule has 5 nitrogen and oxygen atoms in total. The van der Waals surface area contributed by atoms with Crippen LogP contribution >= 0.6 is 11.3 Å². The van der Waals surface area contributed by atoms with Crippen LogP contribution < -0.4 is 0 Å². The summed E-state index contributed by atoms with van der Waals surface area (Å²) in [5, 5.41) is 6.80. The molecule has 13 aromatic rings. The highest BCUT2D eigenvalue weighted by Gasteiger charge is 2.14. The minimum atomic E-state index is 0.801. The van der Waals surface area contributed by atoms with Gasteiger partial charge >= 0.3 is 0 Å². The number of aromatic nitrogens is 3. The Morgan fingerprint density at radius 3 is 1.22 bits per heavy atom. The number of rotatable bonds is 6. The highest BCUT2D eigenvalue weighted by Crippen LogP contribution is 2.40. The van der Waals surface area contributed by atoms with Gasteiger partial charge in [-0.05, 0) is 134 Å². The molecule has 6 aromatic heterocycles.